The molecule has 0 aliphatic rings. The molecule has 0 atom stereocenters. The lowest BCUT2D eigenvalue weighted by molar-refractivity contribution is -0.139. The fraction of sp³-hybridized carbons (Fsp3) is 0.400. The van der Waals surface area contributed by atoms with Crippen molar-refractivity contribution >= 4 is 23.5 Å². The smallest absolute Gasteiger partial charge is 0.315 e. The predicted octanol–water partition coefficient (Wildman–Crippen LogP) is 1.46. The molecule has 0 amide bonds. The summed E-state index contributed by atoms with van der Waals surface area (Å²) in [4.78, 5) is 15.1. The van der Waals surface area contributed by atoms with Crippen molar-refractivity contribution in [2.75, 3.05) is 18.1 Å². The number of nitrogen functional groups attached to an aromatic ring is 1. The molecule has 0 aromatic carbocycles. The van der Waals surface area contributed by atoms with Crippen LogP contribution in [0.5, 0.6) is 0 Å². The van der Waals surface area contributed by atoms with Crippen molar-refractivity contribution in [2.24, 2.45) is 0 Å². The first-order valence-corrected chi connectivity index (χ1v) is 5.82. The fourth-order valence-corrected chi connectivity index (χ4v) is 1.74. The van der Waals surface area contributed by atoms with E-state index < -0.39 is 0 Å². The highest BCUT2D eigenvalue weighted by atomic mass is 32.2. The largest absolute Gasteiger partial charge is 0.465 e. The van der Waals surface area contributed by atoms with Gasteiger partial charge in [0.2, 0.25) is 0 Å². The summed E-state index contributed by atoms with van der Waals surface area (Å²) < 4.78 is 4.80. The average molecular weight is 226 g/mol. The minimum absolute atomic E-state index is 0.189. The van der Waals surface area contributed by atoms with Crippen LogP contribution in [0.1, 0.15) is 12.6 Å². The molecule has 0 saturated carbocycles. The van der Waals surface area contributed by atoms with Crippen LogP contribution in [0, 0.1) is 0 Å². The van der Waals surface area contributed by atoms with Gasteiger partial charge in [0, 0.05) is 5.75 Å². The van der Waals surface area contributed by atoms with Crippen molar-refractivity contribution in [2.45, 2.75) is 12.7 Å². The topological polar surface area (TPSA) is 65.2 Å². The summed E-state index contributed by atoms with van der Waals surface area (Å²) >= 11 is 1.47. The van der Waals surface area contributed by atoms with E-state index >= 15 is 0 Å². The molecular formula is C10H14N2O2S. The monoisotopic (exact) mass is 226 g/mol. The van der Waals surface area contributed by atoms with E-state index in [1.54, 1.807) is 13.0 Å². The molecule has 0 fully saturated rings. The lowest BCUT2D eigenvalue weighted by atomic mass is 10.4. The van der Waals surface area contributed by atoms with Gasteiger partial charge in [0.1, 0.15) is 5.82 Å². The number of esters is 1. The number of aromatic nitrogens is 1. The molecule has 0 bridgehead atoms. The zero-order valence-corrected chi connectivity index (χ0v) is 9.42. The van der Waals surface area contributed by atoms with Gasteiger partial charge in [-0.05, 0) is 19.1 Å². The summed E-state index contributed by atoms with van der Waals surface area (Å²) in [5, 5.41) is 0. The Labute approximate surface area is 93.2 Å². The zero-order chi connectivity index (χ0) is 11.1. The highest BCUT2D eigenvalue weighted by molar-refractivity contribution is 7.99. The molecule has 0 radical (unpaired) electrons. The third-order valence-corrected chi connectivity index (χ3v) is 2.54. The second kappa shape index (κ2) is 6.29. The van der Waals surface area contributed by atoms with Crippen LogP contribution in [0.4, 0.5) is 5.82 Å². The Morgan fingerprint density at radius 2 is 2.40 bits per heavy atom. The van der Waals surface area contributed by atoms with E-state index in [9.17, 15) is 4.79 Å². The third-order valence-electron chi connectivity index (χ3n) is 1.60. The molecule has 1 aromatic rings. The van der Waals surface area contributed by atoms with Gasteiger partial charge in [-0.1, -0.05) is 6.07 Å². The van der Waals surface area contributed by atoms with E-state index in [0.29, 0.717) is 23.9 Å². The number of hydrogen-bond donors (Lipinski definition) is 1. The third kappa shape index (κ3) is 4.69. The van der Waals surface area contributed by atoms with Crippen molar-refractivity contribution in [1.29, 1.82) is 0 Å². The number of pyridine rings is 1. The number of hydrogen-bond acceptors (Lipinski definition) is 5. The standard InChI is InChI=1S/C10H14N2O2S/c1-2-14-10(13)7-15-6-8-4-3-5-9(11)12-8/h3-5H,2,6-7H2,1H3,(H2,11,12). The SMILES string of the molecule is CCOC(=O)CSCc1cccc(N)n1. The van der Waals surface area contributed by atoms with Gasteiger partial charge in [0.05, 0.1) is 18.1 Å². The Bertz CT molecular complexity index is 331. The average Bonchev–Trinajstić information content (AvgIpc) is 2.18. The van der Waals surface area contributed by atoms with E-state index in [-0.39, 0.29) is 5.97 Å². The molecule has 0 aliphatic carbocycles. The molecule has 0 spiro atoms. The molecule has 82 valence electrons. The van der Waals surface area contributed by atoms with Crippen LogP contribution < -0.4 is 5.73 Å². The molecule has 1 rings (SSSR count). The second-order valence-electron chi connectivity index (χ2n) is 2.85. The van der Waals surface area contributed by atoms with Crippen molar-refractivity contribution in [3.8, 4) is 0 Å². The Kier molecular flexibility index (Phi) is 4.97. The Morgan fingerprint density at radius 3 is 3.07 bits per heavy atom. The van der Waals surface area contributed by atoms with Gasteiger partial charge in [-0.3, -0.25) is 4.79 Å². The summed E-state index contributed by atoms with van der Waals surface area (Å²) in [6, 6.07) is 5.47. The maximum absolute atomic E-state index is 11.0. The number of ether oxygens (including phenoxy) is 1. The number of rotatable bonds is 5. The van der Waals surface area contributed by atoms with Crippen LogP contribution in [-0.4, -0.2) is 23.3 Å². The molecule has 5 heteroatoms. The molecular weight excluding hydrogens is 212 g/mol. The Balaban J connectivity index is 2.28. The van der Waals surface area contributed by atoms with Gasteiger partial charge >= 0.3 is 5.97 Å². The van der Waals surface area contributed by atoms with Crippen molar-refractivity contribution < 1.29 is 9.53 Å². The van der Waals surface area contributed by atoms with E-state index in [1.807, 2.05) is 12.1 Å². The number of carbonyl (C=O) groups is 1. The summed E-state index contributed by atoms with van der Waals surface area (Å²) in [5.41, 5.74) is 6.40. The molecule has 0 saturated heterocycles. The van der Waals surface area contributed by atoms with Gasteiger partial charge in [-0.25, -0.2) is 4.98 Å². The fourth-order valence-electron chi connectivity index (χ4n) is 1.02. The Hall–Kier alpha value is -1.23. The van der Waals surface area contributed by atoms with Crippen molar-refractivity contribution in [3.05, 3.63) is 23.9 Å². The molecule has 0 unspecified atom stereocenters. The molecule has 15 heavy (non-hydrogen) atoms. The molecule has 1 heterocycles. The number of anilines is 1. The zero-order valence-electron chi connectivity index (χ0n) is 8.60. The van der Waals surface area contributed by atoms with E-state index in [4.69, 9.17) is 10.5 Å². The van der Waals surface area contributed by atoms with E-state index in [2.05, 4.69) is 4.98 Å². The lowest BCUT2D eigenvalue weighted by Crippen LogP contribution is -2.07. The molecule has 2 N–H and O–H groups in total. The van der Waals surface area contributed by atoms with Crippen LogP contribution in [0.3, 0.4) is 0 Å². The lowest BCUT2D eigenvalue weighted by Gasteiger charge is -2.02. The first kappa shape index (κ1) is 11.8. The van der Waals surface area contributed by atoms with Gasteiger partial charge in [0.15, 0.2) is 0 Å². The van der Waals surface area contributed by atoms with Gasteiger partial charge in [0.25, 0.3) is 0 Å². The van der Waals surface area contributed by atoms with Crippen LogP contribution in [0.2, 0.25) is 0 Å². The maximum atomic E-state index is 11.0. The van der Waals surface area contributed by atoms with Crippen LogP contribution in [0.25, 0.3) is 0 Å². The summed E-state index contributed by atoms with van der Waals surface area (Å²) in [5.74, 6) is 1.34. The highest BCUT2D eigenvalue weighted by Crippen LogP contribution is 2.11. The van der Waals surface area contributed by atoms with E-state index in [0.717, 1.165) is 5.69 Å². The van der Waals surface area contributed by atoms with Crippen molar-refractivity contribution in [3.63, 3.8) is 0 Å². The minimum Gasteiger partial charge on any atom is -0.465 e. The van der Waals surface area contributed by atoms with E-state index in [1.165, 1.54) is 11.8 Å². The molecule has 1 aromatic heterocycles. The predicted molar refractivity (Wildman–Crippen MR) is 61.4 cm³/mol. The summed E-state index contributed by atoms with van der Waals surface area (Å²) in [6.45, 7) is 2.22. The number of nitrogens with two attached hydrogens (primary N) is 1. The quantitative estimate of drug-likeness (QED) is 0.770. The van der Waals surface area contributed by atoms with Crippen LogP contribution in [-0.2, 0) is 15.3 Å². The minimum atomic E-state index is -0.189. The second-order valence-corrected chi connectivity index (χ2v) is 3.84. The van der Waals surface area contributed by atoms with Crippen LogP contribution >= 0.6 is 11.8 Å². The Morgan fingerprint density at radius 1 is 1.60 bits per heavy atom. The number of carbonyl (C=O) groups excluding carboxylic acids is 1. The number of nitrogens with zero attached hydrogens (tertiary/aromatic N) is 1. The summed E-state index contributed by atoms with van der Waals surface area (Å²) in [7, 11) is 0. The normalized spacial score (nSPS) is 9.93. The van der Waals surface area contributed by atoms with Gasteiger partial charge in [-0.15, -0.1) is 11.8 Å². The van der Waals surface area contributed by atoms with Gasteiger partial charge < -0.3 is 10.5 Å². The first-order valence-electron chi connectivity index (χ1n) is 4.67. The van der Waals surface area contributed by atoms with Crippen LogP contribution in [0.15, 0.2) is 18.2 Å². The molecule has 0 aliphatic heterocycles. The molecule has 4 nitrogen and oxygen atoms in total. The maximum Gasteiger partial charge on any atom is 0.315 e. The van der Waals surface area contributed by atoms with Crippen molar-refractivity contribution in [1.82, 2.24) is 4.98 Å². The highest BCUT2D eigenvalue weighted by Gasteiger charge is 2.02. The summed E-state index contributed by atoms with van der Waals surface area (Å²) in [6.07, 6.45) is 0. The first-order chi connectivity index (χ1) is 7.22. The van der Waals surface area contributed by atoms with Gasteiger partial charge in [-0.2, -0.15) is 0 Å². The number of thioether (sulfide) groups is 1.